The summed E-state index contributed by atoms with van der Waals surface area (Å²) in [5.74, 6) is 2.77. The van der Waals surface area contributed by atoms with E-state index >= 15 is 0 Å². The predicted molar refractivity (Wildman–Crippen MR) is 145 cm³/mol. The third-order valence-electron chi connectivity index (χ3n) is 6.91. The van der Waals surface area contributed by atoms with Gasteiger partial charge in [-0.2, -0.15) is 0 Å². The van der Waals surface area contributed by atoms with E-state index in [1.54, 1.807) is 14.2 Å². The topological polar surface area (TPSA) is 66.4 Å². The van der Waals surface area contributed by atoms with E-state index in [0.717, 1.165) is 36.5 Å². The van der Waals surface area contributed by atoms with Crippen molar-refractivity contribution in [3.05, 3.63) is 53.6 Å². The molecule has 1 N–H and O–H groups in total. The van der Waals surface area contributed by atoms with Crippen LogP contribution < -0.4 is 14.2 Å². The van der Waals surface area contributed by atoms with Gasteiger partial charge in [0.05, 0.1) is 4.75 Å². The van der Waals surface area contributed by atoms with E-state index in [2.05, 4.69) is 24.5 Å². The normalized spacial score (nSPS) is 18.9. The molecule has 0 aromatic heterocycles. The van der Waals surface area contributed by atoms with Crippen LogP contribution >= 0.6 is 11.8 Å². The van der Waals surface area contributed by atoms with Crippen LogP contribution in [0.15, 0.2) is 42.5 Å². The van der Waals surface area contributed by atoms with Crippen molar-refractivity contribution in [1.82, 2.24) is 0 Å². The van der Waals surface area contributed by atoms with Crippen LogP contribution in [0, 0.1) is 0 Å². The second-order valence-corrected chi connectivity index (χ2v) is 10.4. The maximum atomic E-state index is 8.97. The molecule has 1 aliphatic rings. The van der Waals surface area contributed by atoms with E-state index < -0.39 is 0 Å². The van der Waals surface area contributed by atoms with Gasteiger partial charge in [0.15, 0.2) is 13.6 Å². The van der Waals surface area contributed by atoms with E-state index in [0.29, 0.717) is 19.1 Å². The number of hydrogen-bond donors (Lipinski definition) is 1. The van der Waals surface area contributed by atoms with E-state index in [4.69, 9.17) is 28.8 Å². The highest BCUT2D eigenvalue weighted by molar-refractivity contribution is 7.99. The largest absolute Gasteiger partial charge is 0.491 e. The molecule has 6 nitrogen and oxygen atoms in total. The molecule has 2 atom stereocenters. The smallest absolute Gasteiger partial charge is 0.188 e. The lowest BCUT2D eigenvalue weighted by atomic mass is 9.76. The number of ether oxygens (including phenoxy) is 5. The molecule has 200 valence electrons. The molecule has 0 bridgehead atoms. The number of methoxy groups -OCH3 is 2. The summed E-state index contributed by atoms with van der Waals surface area (Å²) in [6.45, 7) is 1.35. The molecule has 1 aliphatic heterocycles. The summed E-state index contributed by atoms with van der Waals surface area (Å²) in [5.41, 5.74) is 2.49. The molecule has 0 spiro atoms. The first-order valence-electron chi connectivity index (χ1n) is 12.9. The van der Waals surface area contributed by atoms with Crippen molar-refractivity contribution in [2.45, 2.75) is 62.0 Å². The van der Waals surface area contributed by atoms with Crippen LogP contribution in [-0.4, -0.2) is 52.4 Å². The van der Waals surface area contributed by atoms with Crippen molar-refractivity contribution < 1.29 is 28.8 Å². The molecule has 0 saturated heterocycles. The lowest BCUT2D eigenvalue weighted by molar-refractivity contribution is 0.0506. The molecule has 0 radical (unpaired) electrons. The maximum Gasteiger partial charge on any atom is 0.188 e. The Morgan fingerprint density at radius 3 is 2.11 bits per heavy atom. The van der Waals surface area contributed by atoms with Gasteiger partial charge in [0, 0.05) is 32.8 Å². The molecule has 2 aromatic rings. The van der Waals surface area contributed by atoms with E-state index in [1.165, 1.54) is 43.2 Å². The highest BCUT2D eigenvalue weighted by atomic mass is 32.2. The Morgan fingerprint density at radius 2 is 1.47 bits per heavy atom. The average molecular weight is 519 g/mol. The third-order valence-corrected chi connectivity index (χ3v) is 8.28. The Kier molecular flexibility index (Phi) is 12.2. The summed E-state index contributed by atoms with van der Waals surface area (Å²) in [7, 11) is 3.25. The second kappa shape index (κ2) is 15.4. The van der Waals surface area contributed by atoms with Gasteiger partial charge in [-0.3, -0.25) is 0 Å². The van der Waals surface area contributed by atoms with Crippen LogP contribution in [0.3, 0.4) is 0 Å². The first-order valence-corrected chi connectivity index (χ1v) is 14.2. The lowest BCUT2D eigenvalue weighted by Gasteiger charge is -2.44. The Labute approximate surface area is 220 Å². The van der Waals surface area contributed by atoms with Crippen LogP contribution in [0.2, 0.25) is 0 Å². The van der Waals surface area contributed by atoms with Crippen molar-refractivity contribution in [3.8, 4) is 17.2 Å². The molecular weight excluding hydrogens is 476 g/mol. The zero-order valence-electron chi connectivity index (χ0n) is 22.0. The van der Waals surface area contributed by atoms with Crippen LogP contribution in [0.25, 0.3) is 0 Å². The number of unbranched alkanes of at least 4 members (excludes halogenated alkanes) is 6. The van der Waals surface area contributed by atoms with Gasteiger partial charge in [0.25, 0.3) is 0 Å². The molecule has 3 rings (SSSR count). The zero-order chi connectivity index (χ0) is 25.6. The number of hydrogen-bond acceptors (Lipinski definition) is 7. The fourth-order valence-corrected chi connectivity index (χ4v) is 6.06. The molecule has 0 aliphatic carbocycles. The minimum Gasteiger partial charge on any atom is -0.491 e. The molecule has 0 amide bonds. The minimum atomic E-state index is -0.192. The number of aliphatic hydroxyl groups excluding tert-OH is 1. The molecule has 7 heteroatoms. The SMILES string of the molecule is COCOc1ccc(C2(SC)COc3cc(OCOC)ccc3C2CCCCCCCCCO)cc1. The zero-order valence-corrected chi connectivity index (χ0v) is 22.8. The molecule has 36 heavy (non-hydrogen) atoms. The number of rotatable bonds is 17. The predicted octanol–water partition coefficient (Wildman–Crippen LogP) is 6.50. The van der Waals surface area contributed by atoms with Crippen molar-refractivity contribution in [2.75, 3.05) is 47.3 Å². The Bertz CT molecular complexity index is 890. The van der Waals surface area contributed by atoms with Gasteiger partial charge in [0.2, 0.25) is 0 Å². The average Bonchev–Trinajstić information content (AvgIpc) is 2.92. The fourth-order valence-electron chi connectivity index (χ4n) is 4.98. The Morgan fingerprint density at radius 1 is 0.861 bits per heavy atom. The van der Waals surface area contributed by atoms with Gasteiger partial charge in [-0.1, -0.05) is 56.7 Å². The van der Waals surface area contributed by atoms with E-state index in [-0.39, 0.29) is 18.3 Å². The number of benzene rings is 2. The van der Waals surface area contributed by atoms with Crippen molar-refractivity contribution >= 4 is 11.8 Å². The lowest BCUT2D eigenvalue weighted by Crippen LogP contribution is -2.40. The summed E-state index contributed by atoms with van der Waals surface area (Å²) >= 11 is 1.87. The van der Waals surface area contributed by atoms with Gasteiger partial charge >= 0.3 is 0 Å². The van der Waals surface area contributed by atoms with Gasteiger partial charge in [-0.15, -0.1) is 11.8 Å². The molecule has 0 saturated carbocycles. The van der Waals surface area contributed by atoms with Gasteiger partial charge in [0.1, 0.15) is 23.9 Å². The number of aliphatic hydroxyl groups is 1. The molecule has 2 unspecified atom stereocenters. The maximum absolute atomic E-state index is 8.97. The molecule has 2 aromatic carbocycles. The Balaban J connectivity index is 1.79. The highest BCUT2D eigenvalue weighted by Crippen LogP contribution is 2.55. The third kappa shape index (κ3) is 7.54. The molecular formula is C29H42O6S. The summed E-state index contributed by atoms with van der Waals surface area (Å²) in [4.78, 5) is 0. The number of thioether (sulfide) groups is 1. The van der Waals surface area contributed by atoms with Crippen LogP contribution in [-0.2, 0) is 14.2 Å². The van der Waals surface area contributed by atoms with Crippen LogP contribution in [0.5, 0.6) is 17.2 Å². The summed E-state index contributed by atoms with van der Waals surface area (Å²) in [6, 6.07) is 14.6. The number of fused-ring (bicyclic) bond motifs is 1. The Hall–Kier alpha value is -1.93. The highest BCUT2D eigenvalue weighted by Gasteiger charge is 2.45. The van der Waals surface area contributed by atoms with Crippen molar-refractivity contribution in [2.24, 2.45) is 0 Å². The standard InChI is InChI=1S/C29H42O6S/c1-31-21-34-24-14-12-23(13-15-24)29(36-3)20-33-28-19-25(35-22-32-2)16-17-26(28)27(29)11-9-7-5-4-6-8-10-18-30/h12-17,19,27,30H,4-11,18,20-22H2,1-3H3. The molecule has 0 fully saturated rings. The van der Waals surface area contributed by atoms with Crippen molar-refractivity contribution in [1.29, 1.82) is 0 Å². The fraction of sp³-hybridized carbons (Fsp3) is 0.586. The van der Waals surface area contributed by atoms with Gasteiger partial charge in [-0.25, -0.2) is 0 Å². The summed E-state index contributed by atoms with van der Waals surface area (Å²) < 4.78 is 27.6. The first-order chi connectivity index (χ1) is 17.7. The summed E-state index contributed by atoms with van der Waals surface area (Å²) in [5, 5.41) is 8.97. The monoisotopic (exact) mass is 518 g/mol. The van der Waals surface area contributed by atoms with Crippen molar-refractivity contribution in [3.63, 3.8) is 0 Å². The summed E-state index contributed by atoms with van der Waals surface area (Å²) in [6.07, 6.45) is 11.4. The van der Waals surface area contributed by atoms with Crippen LogP contribution in [0.4, 0.5) is 0 Å². The molecule has 1 heterocycles. The minimum absolute atomic E-state index is 0.192. The van der Waals surface area contributed by atoms with E-state index in [1.807, 2.05) is 36.0 Å². The van der Waals surface area contributed by atoms with Crippen LogP contribution in [0.1, 0.15) is 68.4 Å². The second-order valence-electron chi connectivity index (χ2n) is 9.25. The first kappa shape index (κ1) is 28.6. The van der Waals surface area contributed by atoms with E-state index in [9.17, 15) is 0 Å². The van der Waals surface area contributed by atoms with Gasteiger partial charge in [-0.05, 0) is 48.4 Å². The van der Waals surface area contributed by atoms with Gasteiger partial charge < -0.3 is 28.8 Å². The quantitative estimate of drug-likeness (QED) is 0.189.